The molecule has 0 aromatic heterocycles. The van der Waals surface area contributed by atoms with Gasteiger partial charge in [0.05, 0.1) is 5.69 Å². The third-order valence-corrected chi connectivity index (χ3v) is 5.67. The topological polar surface area (TPSA) is 172 Å². The van der Waals surface area contributed by atoms with Crippen molar-refractivity contribution in [2.75, 3.05) is 11.9 Å². The molecule has 0 saturated carbocycles. The molecule has 2 aromatic rings. The standard InChI is InChI=1S/C25H30N6O4/c1-15-18-6-2-3-7-19(18)30-22(15)23(33)31-20(24(34)35)14-16-9-11-17(12-10-16)29-21(32)8-4-5-13-28-25(26)27/h2-3,6-7,9-12,15,20H,4-5,8,13-14H2,1H3,(H,29,32)(H,31,33)(H,34,35)(H4,26,27,28). The summed E-state index contributed by atoms with van der Waals surface area (Å²) in [4.78, 5) is 44.9. The predicted molar refractivity (Wildman–Crippen MR) is 135 cm³/mol. The van der Waals surface area contributed by atoms with Gasteiger partial charge in [0.1, 0.15) is 11.8 Å². The number of nitrogens with zero attached hydrogens (tertiary/aromatic N) is 2. The first-order chi connectivity index (χ1) is 16.7. The molecular formula is C25H30N6O4. The van der Waals surface area contributed by atoms with Crippen LogP contribution in [0.2, 0.25) is 0 Å². The lowest BCUT2D eigenvalue weighted by Crippen LogP contribution is -2.45. The van der Waals surface area contributed by atoms with Gasteiger partial charge >= 0.3 is 5.97 Å². The molecule has 10 heteroatoms. The third-order valence-electron chi connectivity index (χ3n) is 5.67. The van der Waals surface area contributed by atoms with Crippen molar-refractivity contribution in [1.82, 2.24) is 5.32 Å². The highest BCUT2D eigenvalue weighted by atomic mass is 16.4. The Morgan fingerprint density at radius 3 is 2.46 bits per heavy atom. The van der Waals surface area contributed by atoms with Gasteiger partial charge in [0.15, 0.2) is 5.96 Å². The minimum atomic E-state index is -1.14. The van der Waals surface area contributed by atoms with Crippen LogP contribution in [0.5, 0.6) is 0 Å². The molecule has 2 amide bonds. The van der Waals surface area contributed by atoms with Crippen LogP contribution < -0.4 is 22.1 Å². The Bertz CT molecular complexity index is 1140. The van der Waals surface area contributed by atoms with Gasteiger partial charge in [-0.2, -0.15) is 0 Å². The van der Waals surface area contributed by atoms with Gasteiger partial charge in [-0.15, -0.1) is 0 Å². The van der Waals surface area contributed by atoms with Crippen molar-refractivity contribution in [3.63, 3.8) is 0 Å². The van der Waals surface area contributed by atoms with E-state index in [0.29, 0.717) is 42.8 Å². The molecule has 1 heterocycles. The Morgan fingerprint density at radius 2 is 1.80 bits per heavy atom. The molecule has 2 unspecified atom stereocenters. The van der Waals surface area contributed by atoms with E-state index in [1.807, 2.05) is 31.2 Å². The number of nitrogens with one attached hydrogen (secondary N) is 2. The van der Waals surface area contributed by atoms with Gasteiger partial charge in [-0.05, 0) is 42.2 Å². The van der Waals surface area contributed by atoms with E-state index >= 15 is 0 Å². The zero-order valence-electron chi connectivity index (χ0n) is 19.5. The summed E-state index contributed by atoms with van der Waals surface area (Å²) in [6.45, 7) is 2.35. The number of nitrogens with two attached hydrogens (primary N) is 2. The number of anilines is 1. The molecule has 35 heavy (non-hydrogen) atoms. The summed E-state index contributed by atoms with van der Waals surface area (Å²) < 4.78 is 0. The number of para-hydroxylation sites is 1. The smallest absolute Gasteiger partial charge is 0.326 e. The zero-order valence-corrected chi connectivity index (χ0v) is 19.5. The lowest BCUT2D eigenvalue weighted by molar-refractivity contribution is -0.141. The average Bonchev–Trinajstić information content (AvgIpc) is 3.16. The maximum Gasteiger partial charge on any atom is 0.326 e. The maximum atomic E-state index is 12.8. The van der Waals surface area contributed by atoms with E-state index in [1.165, 1.54) is 0 Å². The van der Waals surface area contributed by atoms with Crippen LogP contribution in [0, 0.1) is 0 Å². The average molecular weight is 479 g/mol. The summed E-state index contributed by atoms with van der Waals surface area (Å²) in [5.74, 6) is -1.95. The number of aliphatic carboxylic acids is 1. The second kappa shape index (κ2) is 11.8. The fourth-order valence-electron chi connectivity index (χ4n) is 3.80. The Balaban J connectivity index is 1.52. The molecular weight excluding hydrogens is 448 g/mol. The van der Waals surface area contributed by atoms with E-state index in [0.717, 1.165) is 11.3 Å². The summed E-state index contributed by atoms with van der Waals surface area (Å²) in [5, 5.41) is 15.1. The Kier molecular flexibility index (Phi) is 8.55. The molecule has 10 nitrogen and oxygen atoms in total. The van der Waals surface area contributed by atoms with Crippen LogP contribution >= 0.6 is 0 Å². The molecule has 0 aliphatic carbocycles. The molecule has 0 bridgehead atoms. The van der Waals surface area contributed by atoms with Crippen molar-refractivity contribution >= 4 is 40.8 Å². The fourth-order valence-corrected chi connectivity index (χ4v) is 3.80. The largest absolute Gasteiger partial charge is 0.480 e. The van der Waals surface area contributed by atoms with E-state index in [9.17, 15) is 19.5 Å². The first-order valence-electron chi connectivity index (χ1n) is 11.4. The normalized spacial score (nSPS) is 14.9. The molecule has 2 aromatic carbocycles. The number of amides is 2. The number of rotatable bonds is 11. The Labute approximate surface area is 203 Å². The number of carboxylic acids is 1. The van der Waals surface area contributed by atoms with Crippen LogP contribution in [0.25, 0.3) is 0 Å². The van der Waals surface area contributed by atoms with E-state index in [2.05, 4.69) is 20.6 Å². The first-order valence-corrected chi connectivity index (χ1v) is 11.4. The molecule has 3 rings (SSSR count). The molecule has 0 saturated heterocycles. The van der Waals surface area contributed by atoms with Crippen molar-refractivity contribution in [1.29, 1.82) is 0 Å². The molecule has 1 aliphatic rings. The van der Waals surface area contributed by atoms with Crippen molar-refractivity contribution in [2.45, 2.75) is 44.6 Å². The lowest BCUT2D eigenvalue weighted by atomic mass is 9.97. The number of aliphatic imine (C=N–C) groups is 2. The molecule has 0 radical (unpaired) electrons. The highest BCUT2D eigenvalue weighted by Crippen LogP contribution is 2.34. The summed E-state index contributed by atoms with van der Waals surface area (Å²) >= 11 is 0. The summed E-state index contributed by atoms with van der Waals surface area (Å²) in [5.41, 5.74) is 13.8. The first kappa shape index (κ1) is 25.4. The third kappa shape index (κ3) is 7.13. The molecule has 7 N–H and O–H groups in total. The molecule has 2 atom stereocenters. The van der Waals surface area contributed by atoms with Gasteiger partial charge in [-0.3, -0.25) is 14.6 Å². The van der Waals surface area contributed by atoms with Crippen molar-refractivity contribution in [3.05, 3.63) is 59.7 Å². The highest BCUT2D eigenvalue weighted by molar-refractivity contribution is 6.42. The van der Waals surface area contributed by atoms with Crippen molar-refractivity contribution in [2.24, 2.45) is 21.5 Å². The van der Waals surface area contributed by atoms with Gasteiger partial charge in [-0.25, -0.2) is 9.79 Å². The highest BCUT2D eigenvalue weighted by Gasteiger charge is 2.30. The van der Waals surface area contributed by atoms with E-state index in [-0.39, 0.29) is 24.2 Å². The monoisotopic (exact) mass is 478 g/mol. The minimum absolute atomic E-state index is 0.0339. The zero-order chi connectivity index (χ0) is 25.4. The maximum absolute atomic E-state index is 12.8. The van der Waals surface area contributed by atoms with Crippen LogP contribution in [0.1, 0.15) is 43.2 Å². The molecule has 0 fully saturated rings. The number of guanidine groups is 1. The molecule has 0 spiro atoms. The van der Waals surface area contributed by atoms with Gasteiger partial charge in [0, 0.05) is 31.0 Å². The summed E-state index contributed by atoms with van der Waals surface area (Å²) in [6, 6.07) is 13.2. The van der Waals surface area contributed by atoms with Crippen LogP contribution in [-0.4, -0.2) is 47.1 Å². The second-order valence-corrected chi connectivity index (χ2v) is 8.35. The van der Waals surface area contributed by atoms with E-state index in [4.69, 9.17) is 11.5 Å². The summed E-state index contributed by atoms with van der Waals surface area (Å²) in [6.07, 6.45) is 1.77. The van der Waals surface area contributed by atoms with Crippen molar-refractivity contribution < 1.29 is 19.5 Å². The summed E-state index contributed by atoms with van der Waals surface area (Å²) in [7, 11) is 0. The van der Waals surface area contributed by atoms with Crippen LogP contribution in [0.3, 0.4) is 0 Å². The number of unbranched alkanes of at least 4 members (excludes halogenated alkanes) is 1. The van der Waals surface area contributed by atoms with E-state index in [1.54, 1.807) is 24.3 Å². The lowest BCUT2D eigenvalue weighted by Gasteiger charge is -2.16. The minimum Gasteiger partial charge on any atom is -0.480 e. The van der Waals surface area contributed by atoms with Gasteiger partial charge in [-0.1, -0.05) is 37.3 Å². The number of carboxylic acid groups (broad SMARTS) is 1. The molecule has 1 aliphatic heterocycles. The molecule has 184 valence electrons. The number of hydrogen-bond donors (Lipinski definition) is 5. The quantitative estimate of drug-likeness (QED) is 0.188. The van der Waals surface area contributed by atoms with Gasteiger partial charge in [0.25, 0.3) is 5.91 Å². The number of carbonyl (C=O) groups is 3. The number of carbonyl (C=O) groups excluding carboxylic acids is 2. The Hall–Kier alpha value is -4.21. The Morgan fingerprint density at radius 1 is 1.09 bits per heavy atom. The number of benzene rings is 2. The SMILES string of the molecule is CC1C(C(=O)NC(Cc2ccc(NC(=O)CCCCN=C(N)N)cc2)C(=O)O)=Nc2ccccc21. The van der Waals surface area contributed by atoms with Crippen molar-refractivity contribution in [3.8, 4) is 0 Å². The second-order valence-electron chi connectivity index (χ2n) is 8.35. The van der Waals surface area contributed by atoms with Gasteiger partial charge in [0.2, 0.25) is 5.91 Å². The predicted octanol–water partition coefficient (Wildman–Crippen LogP) is 2.07. The number of hydrogen-bond acceptors (Lipinski definition) is 5. The van der Waals surface area contributed by atoms with E-state index < -0.39 is 17.9 Å². The van der Waals surface area contributed by atoms with Gasteiger partial charge < -0.3 is 27.2 Å². The van der Waals surface area contributed by atoms with Crippen LogP contribution in [0.4, 0.5) is 11.4 Å². The van der Waals surface area contributed by atoms with Crippen LogP contribution in [-0.2, 0) is 20.8 Å². The van der Waals surface area contributed by atoms with Crippen LogP contribution in [0.15, 0.2) is 58.5 Å². The number of fused-ring (bicyclic) bond motifs is 1. The fraction of sp³-hybridized carbons (Fsp3) is 0.320.